The Bertz CT molecular complexity index is 540. The van der Waals surface area contributed by atoms with Gasteiger partial charge in [0, 0.05) is 23.5 Å². The van der Waals surface area contributed by atoms with Gasteiger partial charge < -0.3 is 9.52 Å². The van der Waals surface area contributed by atoms with E-state index < -0.39 is 0 Å². The number of hydrogen-bond acceptors (Lipinski definition) is 3. The molecule has 1 aliphatic carbocycles. The van der Waals surface area contributed by atoms with Crippen LogP contribution in [0.5, 0.6) is 0 Å². The highest BCUT2D eigenvalue weighted by Gasteiger charge is 2.23. The first-order valence-corrected chi connectivity index (χ1v) is 7.07. The van der Waals surface area contributed by atoms with Crippen molar-refractivity contribution in [3.8, 4) is 0 Å². The number of furan rings is 1. The molecule has 1 aliphatic rings. The summed E-state index contributed by atoms with van der Waals surface area (Å²) in [6.45, 7) is 0.914. The minimum absolute atomic E-state index is 0.0839. The van der Waals surface area contributed by atoms with Gasteiger partial charge >= 0.3 is 0 Å². The van der Waals surface area contributed by atoms with Crippen LogP contribution in [-0.4, -0.2) is 29.2 Å². The molecule has 3 nitrogen and oxygen atoms in total. The number of rotatable bonds is 3. The van der Waals surface area contributed by atoms with E-state index in [1.54, 1.807) is 0 Å². The number of aliphatic hydroxyl groups excluding tert-OH is 1. The summed E-state index contributed by atoms with van der Waals surface area (Å²) in [5.74, 6) is 0. The fourth-order valence-corrected chi connectivity index (χ4v) is 3.05. The molecule has 19 heavy (non-hydrogen) atoms. The average Bonchev–Trinajstić information content (AvgIpc) is 2.83. The van der Waals surface area contributed by atoms with E-state index in [1.807, 2.05) is 18.4 Å². The SMILES string of the molecule is CN(Cc1coc2ccccc12)C1CCC(O)CC1. The third-order valence-electron chi connectivity index (χ3n) is 4.27. The summed E-state index contributed by atoms with van der Waals surface area (Å²) in [5.41, 5.74) is 2.22. The lowest BCUT2D eigenvalue weighted by atomic mass is 9.92. The zero-order valence-corrected chi connectivity index (χ0v) is 11.4. The Morgan fingerprint density at radius 1 is 1.21 bits per heavy atom. The van der Waals surface area contributed by atoms with E-state index in [-0.39, 0.29) is 6.10 Å². The topological polar surface area (TPSA) is 36.6 Å². The second kappa shape index (κ2) is 5.35. The lowest BCUT2D eigenvalue weighted by Crippen LogP contribution is -2.35. The van der Waals surface area contributed by atoms with Crippen LogP contribution in [0.3, 0.4) is 0 Å². The molecule has 0 aliphatic heterocycles. The first kappa shape index (κ1) is 12.7. The van der Waals surface area contributed by atoms with Gasteiger partial charge in [0.05, 0.1) is 12.4 Å². The molecule has 3 heteroatoms. The van der Waals surface area contributed by atoms with Crippen LogP contribution in [-0.2, 0) is 6.54 Å². The molecule has 0 spiro atoms. The van der Waals surface area contributed by atoms with Crippen LogP contribution in [0.25, 0.3) is 11.0 Å². The Hall–Kier alpha value is -1.32. The third kappa shape index (κ3) is 2.67. The van der Waals surface area contributed by atoms with Crippen molar-refractivity contribution in [2.45, 2.75) is 44.4 Å². The molecule has 1 aromatic heterocycles. The van der Waals surface area contributed by atoms with Gasteiger partial charge in [-0.15, -0.1) is 0 Å². The van der Waals surface area contributed by atoms with Gasteiger partial charge in [0.2, 0.25) is 0 Å². The standard InChI is InChI=1S/C16H21NO2/c1-17(13-6-8-14(18)9-7-13)10-12-11-19-16-5-3-2-4-15(12)16/h2-5,11,13-14,18H,6-10H2,1H3. The molecule has 1 fully saturated rings. The summed E-state index contributed by atoms with van der Waals surface area (Å²) in [6.07, 6.45) is 5.83. The van der Waals surface area contributed by atoms with E-state index in [2.05, 4.69) is 24.1 Å². The maximum Gasteiger partial charge on any atom is 0.134 e. The summed E-state index contributed by atoms with van der Waals surface area (Å²) >= 11 is 0. The largest absolute Gasteiger partial charge is 0.464 e. The molecule has 2 aromatic rings. The van der Waals surface area contributed by atoms with E-state index in [0.29, 0.717) is 6.04 Å². The second-order valence-corrected chi connectivity index (χ2v) is 5.63. The molecule has 0 unspecified atom stereocenters. The van der Waals surface area contributed by atoms with Crippen LogP contribution >= 0.6 is 0 Å². The van der Waals surface area contributed by atoms with Crippen molar-refractivity contribution in [3.05, 3.63) is 36.1 Å². The van der Waals surface area contributed by atoms with Crippen LogP contribution < -0.4 is 0 Å². The van der Waals surface area contributed by atoms with E-state index in [0.717, 1.165) is 37.8 Å². The summed E-state index contributed by atoms with van der Waals surface area (Å²) in [6, 6.07) is 8.76. The summed E-state index contributed by atoms with van der Waals surface area (Å²) in [4.78, 5) is 2.39. The van der Waals surface area contributed by atoms with E-state index >= 15 is 0 Å². The third-order valence-corrected chi connectivity index (χ3v) is 4.27. The van der Waals surface area contributed by atoms with Crippen LogP contribution in [0.2, 0.25) is 0 Å². The van der Waals surface area contributed by atoms with Crippen molar-refractivity contribution < 1.29 is 9.52 Å². The van der Waals surface area contributed by atoms with Crippen molar-refractivity contribution in [2.24, 2.45) is 0 Å². The molecule has 3 rings (SSSR count). The number of aliphatic hydroxyl groups is 1. The van der Waals surface area contributed by atoms with Crippen molar-refractivity contribution >= 4 is 11.0 Å². The molecule has 0 atom stereocenters. The van der Waals surface area contributed by atoms with Crippen molar-refractivity contribution in [3.63, 3.8) is 0 Å². The highest BCUT2D eigenvalue weighted by molar-refractivity contribution is 5.80. The Kier molecular flexibility index (Phi) is 3.58. The molecular formula is C16H21NO2. The van der Waals surface area contributed by atoms with Crippen molar-refractivity contribution in [1.29, 1.82) is 0 Å². The summed E-state index contributed by atoms with van der Waals surface area (Å²) in [7, 11) is 2.17. The van der Waals surface area contributed by atoms with Gasteiger partial charge in [0.1, 0.15) is 5.58 Å². The van der Waals surface area contributed by atoms with Gasteiger partial charge in [-0.1, -0.05) is 18.2 Å². The highest BCUT2D eigenvalue weighted by atomic mass is 16.3. The summed E-state index contributed by atoms with van der Waals surface area (Å²) < 4.78 is 5.59. The Balaban J connectivity index is 1.70. The van der Waals surface area contributed by atoms with Crippen molar-refractivity contribution in [1.82, 2.24) is 4.90 Å². The van der Waals surface area contributed by atoms with Gasteiger partial charge in [-0.25, -0.2) is 0 Å². The maximum absolute atomic E-state index is 9.57. The van der Waals surface area contributed by atoms with Crippen LogP contribution in [0.15, 0.2) is 34.9 Å². The minimum Gasteiger partial charge on any atom is -0.464 e. The van der Waals surface area contributed by atoms with Gasteiger partial charge in [-0.05, 0) is 38.8 Å². The van der Waals surface area contributed by atoms with Crippen LogP contribution in [0.1, 0.15) is 31.2 Å². The molecule has 0 bridgehead atoms. The van der Waals surface area contributed by atoms with Gasteiger partial charge in [0.25, 0.3) is 0 Å². The number of benzene rings is 1. The maximum atomic E-state index is 9.57. The van der Waals surface area contributed by atoms with E-state index in [1.165, 1.54) is 10.9 Å². The molecule has 0 saturated heterocycles. The fourth-order valence-electron chi connectivity index (χ4n) is 3.05. The first-order valence-electron chi connectivity index (χ1n) is 7.07. The number of para-hydroxylation sites is 1. The number of fused-ring (bicyclic) bond motifs is 1. The molecule has 1 N–H and O–H groups in total. The highest BCUT2D eigenvalue weighted by Crippen LogP contribution is 2.26. The second-order valence-electron chi connectivity index (χ2n) is 5.63. The zero-order valence-electron chi connectivity index (χ0n) is 11.4. The molecule has 1 heterocycles. The van der Waals surface area contributed by atoms with Crippen molar-refractivity contribution in [2.75, 3.05) is 7.05 Å². The number of nitrogens with zero attached hydrogens (tertiary/aromatic N) is 1. The lowest BCUT2D eigenvalue weighted by Gasteiger charge is -2.32. The van der Waals surface area contributed by atoms with Gasteiger partial charge in [-0.3, -0.25) is 4.90 Å². The van der Waals surface area contributed by atoms with Gasteiger partial charge in [0.15, 0.2) is 0 Å². The Labute approximate surface area is 113 Å². The smallest absolute Gasteiger partial charge is 0.134 e. The molecule has 1 aromatic carbocycles. The summed E-state index contributed by atoms with van der Waals surface area (Å²) in [5, 5.41) is 10.8. The Morgan fingerprint density at radius 2 is 1.95 bits per heavy atom. The predicted octanol–water partition coefficient (Wildman–Crippen LogP) is 3.17. The molecular weight excluding hydrogens is 238 g/mol. The monoisotopic (exact) mass is 259 g/mol. The Morgan fingerprint density at radius 3 is 2.74 bits per heavy atom. The van der Waals surface area contributed by atoms with Gasteiger partial charge in [-0.2, -0.15) is 0 Å². The molecule has 0 amide bonds. The van der Waals surface area contributed by atoms with Crippen LogP contribution in [0.4, 0.5) is 0 Å². The van der Waals surface area contributed by atoms with E-state index in [9.17, 15) is 5.11 Å². The fraction of sp³-hybridized carbons (Fsp3) is 0.500. The van der Waals surface area contributed by atoms with E-state index in [4.69, 9.17) is 4.42 Å². The molecule has 1 saturated carbocycles. The molecule has 0 radical (unpaired) electrons. The lowest BCUT2D eigenvalue weighted by molar-refractivity contribution is 0.0818. The normalized spacial score (nSPS) is 24.2. The minimum atomic E-state index is -0.0839. The predicted molar refractivity (Wildman–Crippen MR) is 75.9 cm³/mol. The number of hydrogen-bond donors (Lipinski definition) is 1. The van der Waals surface area contributed by atoms with Crippen LogP contribution in [0, 0.1) is 0 Å². The first-order chi connectivity index (χ1) is 9.24. The molecule has 102 valence electrons. The zero-order chi connectivity index (χ0) is 13.2. The average molecular weight is 259 g/mol. The quantitative estimate of drug-likeness (QED) is 0.919.